The zero-order valence-corrected chi connectivity index (χ0v) is 6.80. The summed E-state index contributed by atoms with van der Waals surface area (Å²) in [4.78, 5) is 0. The van der Waals surface area contributed by atoms with Gasteiger partial charge in [-0.25, -0.2) is 0 Å². The first-order valence-corrected chi connectivity index (χ1v) is 4.07. The zero-order chi connectivity index (χ0) is 7.90. The van der Waals surface area contributed by atoms with Crippen molar-refractivity contribution in [2.45, 2.75) is 25.3 Å². The first-order valence-electron chi connectivity index (χ1n) is 4.07. The van der Waals surface area contributed by atoms with E-state index < -0.39 is 0 Å². The molecule has 0 bridgehead atoms. The normalized spacial score (nSPS) is 19.8. The van der Waals surface area contributed by atoms with Gasteiger partial charge in [0.15, 0.2) is 0 Å². The lowest BCUT2D eigenvalue weighted by Crippen LogP contribution is -2.19. The van der Waals surface area contributed by atoms with Gasteiger partial charge in [-0.15, -0.1) is 0 Å². The predicted molar refractivity (Wildman–Crippen MR) is 46.3 cm³/mol. The third-order valence-corrected chi connectivity index (χ3v) is 2.47. The number of aryl methyl sites for hydroxylation is 1. The average Bonchev–Trinajstić information content (AvgIpc) is 2.70. The lowest BCUT2D eigenvalue weighted by molar-refractivity contribution is 0.733. The molecule has 0 saturated heterocycles. The van der Waals surface area contributed by atoms with Crippen molar-refractivity contribution < 1.29 is 0 Å². The van der Waals surface area contributed by atoms with Crippen LogP contribution in [0.4, 0.5) is 0 Å². The molecule has 0 amide bonds. The van der Waals surface area contributed by atoms with E-state index in [1.165, 1.54) is 11.1 Å². The summed E-state index contributed by atoms with van der Waals surface area (Å²) < 4.78 is 0. The molecule has 1 saturated carbocycles. The van der Waals surface area contributed by atoms with Crippen LogP contribution in [-0.4, -0.2) is 0 Å². The van der Waals surface area contributed by atoms with Gasteiger partial charge in [0.2, 0.25) is 0 Å². The van der Waals surface area contributed by atoms with Gasteiger partial charge in [-0.05, 0) is 30.9 Å². The lowest BCUT2D eigenvalue weighted by atomic mass is 10.0. The quantitative estimate of drug-likeness (QED) is 0.645. The molecule has 0 heterocycles. The van der Waals surface area contributed by atoms with Crippen molar-refractivity contribution in [1.29, 1.82) is 0 Å². The molecule has 2 rings (SSSR count). The van der Waals surface area contributed by atoms with Gasteiger partial charge in [-0.3, -0.25) is 0 Å². The summed E-state index contributed by atoms with van der Waals surface area (Å²) in [7, 11) is 0. The molecule has 2 N–H and O–H groups in total. The molecular formula is C10H13N. The molecule has 11 heavy (non-hydrogen) atoms. The van der Waals surface area contributed by atoms with Crippen LogP contribution >= 0.6 is 0 Å². The molecule has 1 aliphatic carbocycles. The monoisotopic (exact) mass is 147 g/mol. The van der Waals surface area contributed by atoms with Crippen LogP contribution in [0.5, 0.6) is 0 Å². The first kappa shape index (κ1) is 6.86. The van der Waals surface area contributed by atoms with Crippen LogP contribution in [0, 0.1) is 6.92 Å². The number of nitrogens with two attached hydrogens (primary N) is 1. The van der Waals surface area contributed by atoms with Gasteiger partial charge in [-0.2, -0.15) is 0 Å². The smallest absolute Gasteiger partial charge is 0.0413 e. The van der Waals surface area contributed by atoms with Crippen LogP contribution in [0.25, 0.3) is 0 Å². The molecule has 1 aromatic rings. The lowest BCUT2D eigenvalue weighted by Gasteiger charge is -2.11. The van der Waals surface area contributed by atoms with E-state index in [1.807, 2.05) is 0 Å². The van der Waals surface area contributed by atoms with Crippen molar-refractivity contribution in [2.75, 3.05) is 0 Å². The summed E-state index contributed by atoms with van der Waals surface area (Å²) in [6, 6.07) is 8.39. The Morgan fingerprint density at radius 2 is 1.91 bits per heavy atom. The molecule has 1 nitrogen and oxygen atoms in total. The van der Waals surface area contributed by atoms with Gasteiger partial charge in [0, 0.05) is 5.54 Å². The maximum atomic E-state index is 6.07. The van der Waals surface area contributed by atoms with Crippen LogP contribution in [0.2, 0.25) is 0 Å². The van der Waals surface area contributed by atoms with Crippen LogP contribution in [-0.2, 0) is 5.54 Å². The fourth-order valence-corrected chi connectivity index (χ4v) is 1.54. The minimum absolute atomic E-state index is 0.0331. The van der Waals surface area contributed by atoms with Crippen LogP contribution in [0.1, 0.15) is 24.0 Å². The van der Waals surface area contributed by atoms with E-state index in [0.29, 0.717) is 0 Å². The largest absolute Gasteiger partial charge is 0.321 e. The van der Waals surface area contributed by atoms with E-state index in [-0.39, 0.29) is 5.54 Å². The third-order valence-electron chi connectivity index (χ3n) is 2.47. The fourth-order valence-electron chi connectivity index (χ4n) is 1.54. The van der Waals surface area contributed by atoms with Gasteiger partial charge >= 0.3 is 0 Å². The maximum Gasteiger partial charge on any atom is 0.0413 e. The molecule has 1 fully saturated rings. The Balaban J connectivity index is 2.45. The van der Waals surface area contributed by atoms with Gasteiger partial charge in [0.25, 0.3) is 0 Å². The van der Waals surface area contributed by atoms with Gasteiger partial charge in [0.1, 0.15) is 0 Å². The van der Waals surface area contributed by atoms with E-state index in [1.54, 1.807) is 0 Å². The standard InChI is InChI=1S/C10H13N/c1-8-4-2-3-5-9(8)10(11)6-7-10/h2-5H,6-7,11H2,1H3. The van der Waals surface area contributed by atoms with Crippen molar-refractivity contribution in [2.24, 2.45) is 5.73 Å². The summed E-state index contributed by atoms with van der Waals surface area (Å²) in [5, 5.41) is 0. The van der Waals surface area contributed by atoms with Crippen molar-refractivity contribution in [1.82, 2.24) is 0 Å². The van der Waals surface area contributed by atoms with Crippen LogP contribution in [0.3, 0.4) is 0 Å². The number of hydrogen-bond donors (Lipinski definition) is 1. The summed E-state index contributed by atoms with van der Waals surface area (Å²) in [5.74, 6) is 0. The predicted octanol–water partition coefficient (Wildman–Crippen LogP) is 1.94. The molecule has 1 aromatic carbocycles. The maximum absolute atomic E-state index is 6.07. The first-order chi connectivity index (χ1) is 5.22. The second-order valence-corrected chi connectivity index (χ2v) is 3.47. The minimum Gasteiger partial charge on any atom is -0.321 e. The van der Waals surface area contributed by atoms with Crippen LogP contribution < -0.4 is 5.73 Å². The average molecular weight is 147 g/mol. The topological polar surface area (TPSA) is 26.0 Å². The van der Waals surface area contributed by atoms with E-state index in [2.05, 4.69) is 31.2 Å². The molecule has 0 atom stereocenters. The number of rotatable bonds is 1. The fraction of sp³-hybridized carbons (Fsp3) is 0.400. The second-order valence-electron chi connectivity index (χ2n) is 3.47. The van der Waals surface area contributed by atoms with Crippen molar-refractivity contribution in [3.05, 3.63) is 35.4 Å². The van der Waals surface area contributed by atoms with Crippen LogP contribution in [0.15, 0.2) is 24.3 Å². The highest BCUT2D eigenvalue weighted by Crippen LogP contribution is 2.43. The molecule has 0 aliphatic heterocycles. The van der Waals surface area contributed by atoms with Gasteiger partial charge in [-0.1, -0.05) is 24.3 Å². The van der Waals surface area contributed by atoms with Gasteiger partial charge < -0.3 is 5.73 Å². The van der Waals surface area contributed by atoms with E-state index in [4.69, 9.17) is 5.73 Å². The van der Waals surface area contributed by atoms with E-state index >= 15 is 0 Å². The summed E-state index contributed by atoms with van der Waals surface area (Å²) in [5.41, 5.74) is 8.76. The second kappa shape index (κ2) is 2.08. The minimum atomic E-state index is 0.0331. The molecule has 0 radical (unpaired) electrons. The molecule has 58 valence electrons. The summed E-state index contributed by atoms with van der Waals surface area (Å²) in [6.45, 7) is 2.13. The summed E-state index contributed by atoms with van der Waals surface area (Å²) in [6.07, 6.45) is 2.30. The number of hydrogen-bond acceptors (Lipinski definition) is 1. The Labute approximate surface area is 67.2 Å². The van der Waals surface area contributed by atoms with Crippen molar-refractivity contribution in [3.8, 4) is 0 Å². The Kier molecular flexibility index (Phi) is 1.30. The highest BCUT2D eigenvalue weighted by Gasteiger charge is 2.40. The highest BCUT2D eigenvalue weighted by atomic mass is 14.8. The van der Waals surface area contributed by atoms with E-state index in [9.17, 15) is 0 Å². The number of benzene rings is 1. The molecule has 1 aliphatic rings. The Hall–Kier alpha value is -0.820. The zero-order valence-electron chi connectivity index (χ0n) is 6.80. The van der Waals surface area contributed by atoms with Gasteiger partial charge in [0.05, 0.1) is 0 Å². The third kappa shape index (κ3) is 1.05. The summed E-state index contributed by atoms with van der Waals surface area (Å²) >= 11 is 0. The molecule has 1 heteroatoms. The van der Waals surface area contributed by atoms with Crippen molar-refractivity contribution in [3.63, 3.8) is 0 Å². The Morgan fingerprint density at radius 3 is 2.45 bits per heavy atom. The highest BCUT2D eigenvalue weighted by molar-refractivity contribution is 5.36. The van der Waals surface area contributed by atoms with Crippen molar-refractivity contribution >= 4 is 0 Å². The molecule has 0 spiro atoms. The SMILES string of the molecule is Cc1ccccc1C1(N)CC1. The van der Waals surface area contributed by atoms with E-state index in [0.717, 1.165) is 12.8 Å². The Bertz CT molecular complexity index is 274. The Morgan fingerprint density at radius 1 is 1.27 bits per heavy atom. The molecule has 0 aromatic heterocycles. The molecular weight excluding hydrogens is 134 g/mol. The molecule has 0 unspecified atom stereocenters.